The van der Waals surface area contributed by atoms with Crippen LogP contribution in [0, 0.1) is 0 Å². The molecule has 0 atom stereocenters. The van der Waals surface area contributed by atoms with Crippen LogP contribution in [0.25, 0.3) is 0 Å². The molecular weight excluding hydrogens is 202 g/mol. The van der Waals surface area contributed by atoms with Crippen molar-refractivity contribution in [2.45, 2.75) is 19.9 Å². The molecule has 0 N–H and O–H groups in total. The first-order chi connectivity index (χ1) is 7.51. The Morgan fingerprint density at radius 2 is 1.88 bits per heavy atom. The van der Waals surface area contributed by atoms with Crippen LogP contribution >= 0.6 is 0 Å². The topological polar surface area (TPSA) is 29.5 Å². The van der Waals surface area contributed by atoms with Gasteiger partial charge >= 0.3 is 0 Å². The molecule has 0 aliphatic heterocycles. The molecule has 0 spiro atoms. The number of rotatable bonds is 5. The summed E-state index contributed by atoms with van der Waals surface area (Å²) in [6.07, 6.45) is 0.470. The van der Waals surface area contributed by atoms with Crippen molar-refractivity contribution in [3.8, 4) is 5.75 Å². The van der Waals surface area contributed by atoms with Crippen LogP contribution in [0.15, 0.2) is 18.2 Å². The van der Waals surface area contributed by atoms with Gasteiger partial charge in [-0.1, -0.05) is 6.07 Å². The van der Waals surface area contributed by atoms with Crippen LogP contribution < -0.4 is 4.74 Å². The summed E-state index contributed by atoms with van der Waals surface area (Å²) in [6, 6.07) is 5.98. The van der Waals surface area contributed by atoms with E-state index >= 15 is 0 Å². The average Bonchev–Trinajstić information content (AvgIpc) is 2.14. The Morgan fingerprint density at radius 1 is 1.25 bits per heavy atom. The maximum absolute atomic E-state index is 11.1. The van der Waals surface area contributed by atoms with Crippen molar-refractivity contribution in [2.24, 2.45) is 0 Å². The zero-order valence-electron chi connectivity index (χ0n) is 10.4. The lowest BCUT2D eigenvalue weighted by atomic mass is 10.1. The summed E-state index contributed by atoms with van der Waals surface area (Å²) in [5.41, 5.74) is 2.18. The molecule has 88 valence electrons. The molecule has 1 rings (SSSR count). The van der Waals surface area contributed by atoms with E-state index in [4.69, 9.17) is 4.74 Å². The predicted molar refractivity (Wildman–Crippen MR) is 64.8 cm³/mol. The van der Waals surface area contributed by atoms with Crippen molar-refractivity contribution in [3.63, 3.8) is 0 Å². The molecule has 0 saturated carbocycles. The van der Waals surface area contributed by atoms with Crippen LogP contribution in [-0.4, -0.2) is 31.9 Å². The van der Waals surface area contributed by atoms with Gasteiger partial charge in [-0.3, -0.25) is 4.79 Å². The molecule has 1 aromatic rings. The molecule has 0 unspecified atom stereocenters. The van der Waals surface area contributed by atoms with E-state index in [2.05, 4.69) is 11.0 Å². The van der Waals surface area contributed by atoms with Gasteiger partial charge in [0.05, 0.1) is 7.11 Å². The monoisotopic (exact) mass is 221 g/mol. The number of nitrogens with zero attached hydrogens (tertiary/aromatic N) is 1. The second-order valence-corrected chi connectivity index (χ2v) is 4.31. The molecule has 0 aliphatic carbocycles. The highest BCUT2D eigenvalue weighted by Crippen LogP contribution is 2.18. The van der Waals surface area contributed by atoms with Gasteiger partial charge < -0.3 is 9.64 Å². The number of ketones is 1. The molecule has 16 heavy (non-hydrogen) atoms. The van der Waals surface area contributed by atoms with E-state index in [1.165, 1.54) is 5.56 Å². The molecule has 0 amide bonds. The summed E-state index contributed by atoms with van der Waals surface area (Å²) in [5, 5.41) is 0. The minimum Gasteiger partial charge on any atom is -0.497 e. The van der Waals surface area contributed by atoms with Gasteiger partial charge in [-0.2, -0.15) is 0 Å². The lowest BCUT2D eigenvalue weighted by Crippen LogP contribution is -2.11. The Bertz CT molecular complexity index is 372. The third kappa shape index (κ3) is 4.03. The third-order valence-corrected chi connectivity index (χ3v) is 2.21. The number of hydrogen-bond acceptors (Lipinski definition) is 3. The Hall–Kier alpha value is -1.35. The molecule has 0 fully saturated rings. The first-order valence-electron chi connectivity index (χ1n) is 5.32. The minimum atomic E-state index is 0.170. The predicted octanol–water partition coefficient (Wildman–Crippen LogP) is 1.89. The number of ether oxygens (including phenoxy) is 1. The normalized spacial score (nSPS) is 10.6. The zero-order valence-corrected chi connectivity index (χ0v) is 10.4. The van der Waals surface area contributed by atoms with Crippen LogP contribution in [0.3, 0.4) is 0 Å². The van der Waals surface area contributed by atoms with Gasteiger partial charge in [0.25, 0.3) is 0 Å². The van der Waals surface area contributed by atoms with E-state index in [1.54, 1.807) is 14.0 Å². The second-order valence-electron chi connectivity index (χ2n) is 4.31. The molecule has 0 heterocycles. The minimum absolute atomic E-state index is 0.170. The van der Waals surface area contributed by atoms with E-state index < -0.39 is 0 Å². The fourth-order valence-electron chi connectivity index (χ4n) is 1.69. The highest BCUT2D eigenvalue weighted by atomic mass is 16.5. The van der Waals surface area contributed by atoms with E-state index in [0.717, 1.165) is 17.9 Å². The molecule has 0 bridgehead atoms. The number of Topliss-reactive ketones (excluding diaryl/α,β-unsaturated/α-hetero) is 1. The van der Waals surface area contributed by atoms with Gasteiger partial charge in [0, 0.05) is 13.0 Å². The van der Waals surface area contributed by atoms with Crippen LogP contribution in [0.2, 0.25) is 0 Å². The molecule has 0 aliphatic rings. The van der Waals surface area contributed by atoms with Crippen molar-refractivity contribution in [1.29, 1.82) is 0 Å². The fraction of sp³-hybridized carbons (Fsp3) is 0.462. The van der Waals surface area contributed by atoms with Crippen LogP contribution in [-0.2, 0) is 17.8 Å². The molecular formula is C13H19NO2. The standard InChI is InChI=1S/C13H19NO2/c1-10(15)5-11-6-12(9-14(2)3)8-13(7-11)16-4/h6-8H,5,9H2,1-4H3. The molecule has 0 saturated heterocycles. The van der Waals surface area contributed by atoms with Crippen LogP contribution in [0.4, 0.5) is 0 Å². The Labute approximate surface area is 97.0 Å². The van der Waals surface area contributed by atoms with Crippen molar-refractivity contribution in [3.05, 3.63) is 29.3 Å². The van der Waals surface area contributed by atoms with Gasteiger partial charge in [-0.05, 0) is 44.3 Å². The second kappa shape index (κ2) is 5.66. The quantitative estimate of drug-likeness (QED) is 0.760. The van der Waals surface area contributed by atoms with E-state index in [1.807, 2.05) is 26.2 Å². The fourth-order valence-corrected chi connectivity index (χ4v) is 1.69. The molecule has 3 heteroatoms. The van der Waals surface area contributed by atoms with E-state index in [-0.39, 0.29) is 5.78 Å². The summed E-state index contributed by atoms with van der Waals surface area (Å²) < 4.78 is 5.23. The van der Waals surface area contributed by atoms with Crippen molar-refractivity contribution in [2.75, 3.05) is 21.2 Å². The molecule has 0 radical (unpaired) electrons. The smallest absolute Gasteiger partial charge is 0.134 e. The molecule has 0 aromatic heterocycles. The van der Waals surface area contributed by atoms with Gasteiger partial charge in [0.15, 0.2) is 0 Å². The third-order valence-electron chi connectivity index (χ3n) is 2.21. The van der Waals surface area contributed by atoms with E-state index in [0.29, 0.717) is 6.42 Å². The summed E-state index contributed by atoms with van der Waals surface area (Å²) in [7, 11) is 5.68. The van der Waals surface area contributed by atoms with Crippen LogP contribution in [0.1, 0.15) is 18.1 Å². The van der Waals surface area contributed by atoms with Gasteiger partial charge in [0.2, 0.25) is 0 Å². The number of methoxy groups -OCH3 is 1. The SMILES string of the molecule is COc1cc(CC(C)=O)cc(CN(C)C)c1. The van der Waals surface area contributed by atoms with Crippen molar-refractivity contribution >= 4 is 5.78 Å². The van der Waals surface area contributed by atoms with E-state index in [9.17, 15) is 4.79 Å². The largest absolute Gasteiger partial charge is 0.497 e. The summed E-state index contributed by atoms with van der Waals surface area (Å²) in [6.45, 7) is 2.45. The van der Waals surface area contributed by atoms with Gasteiger partial charge in [-0.25, -0.2) is 0 Å². The molecule has 3 nitrogen and oxygen atoms in total. The first-order valence-corrected chi connectivity index (χ1v) is 5.32. The summed E-state index contributed by atoms with van der Waals surface area (Å²) in [5.74, 6) is 0.986. The number of carbonyl (C=O) groups excluding carboxylic acids is 1. The van der Waals surface area contributed by atoms with Gasteiger partial charge in [-0.15, -0.1) is 0 Å². The summed E-state index contributed by atoms with van der Waals surface area (Å²) >= 11 is 0. The molecule has 1 aromatic carbocycles. The van der Waals surface area contributed by atoms with Crippen molar-refractivity contribution in [1.82, 2.24) is 4.90 Å². The zero-order chi connectivity index (χ0) is 12.1. The summed E-state index contributed by atoms with van der Waals surface area (Å²) in [4.78, 5) is 13.2. The number of carbonyl (C=O) groups is 1. The maximum Gasteiger partial charge on any atom is 0.134 e. The average molecular weight is 221 g/mol. The van der Waals surface area contributed by atoms with Crippen molar-refractivity contribution < 1.29 is 9.53 Å². The lowest BCUT2D eigenvalue weighted by molar-refractivity contribution is -0.116. The first kappa shape index (κ1) is 12.7. The Morgan fingerprint density at radius 3 is 2.38 bits per heavy atom. The highest BCUT2D eigenvalue weighted by Gasteiger charge is 2.04. The number of benzene rings is 1. The van der Waals surface area contributed by atoms with Crippen LogP contribution in [0.5, 0.6) is 5.75 Å². The number of hydrogen-bond donors (Lipinski definition) is 0. The Kier molecular flexibility index (Phi) is 4.50. The van der Waals surface area contributed by atoms with Gasteiger partial charge in [0.1, 0.15) is 11.5 Å². The Balaban J connectivity index is 2.95. The maximum atomic E-state index is 11.1. The lowest BCUT2D eigenvalue weighted by Gasteiger charge is -2.12. The highest BCUT2D eigenvalue weighted by molar-refractivity contribution is 5.78.